The van der Waals surface area contributed by atoms with Crippen molar-refractivity contribution < 1.29 is 4.74 Å². The van der Waals surface area contributed by atoms with Crippen LogP contribution in [0.25, 0.3) is 0 Å². The van der Waals surface area contributed by atoms with Crippen LogP contribution in [0.3, 0.4) is 0 Å². The molecule has 0 aliphatic carbocycles. The van der Waals surface area contributed by atoms with Gasteiger partial charge in [-0.25, -0.2) is 0 Å². The van der Waals surface area contributed by atoms with Crippen LogP contribution in [-0.2, 0) is 0 Å². The number of benzene rings is 1. The van der Waals surface area contributed by atoms with Crippen molar-refractivity contribution >= 4 is 11.8 Å². The number of para-hydroxylation sites is 1. The van der Waals surface area contributed by atoms with Crippen molar-refractivity contribution in [1.82, 2.24) is 5.32 Å². The minimum Gasteiger partial charge on any atom is -0.496 e. The van der Waals surface area contributed by atoms with Gasteiger partial charge in [0.2, 0.25) is 0 Å². The van der Waals surface area contributed by atoms with Gasteiger partial charge in [0.25, 0.3) is 0 Å². The quantitative estimate of drug-likeness (QED) is 0.540. The summed E-state index contributed by atoms with van der Waals surface area (Å²) in [6.45, 7) is 5.60. The van der Waals surface area contributed by atoms with Crippen molar-refractivity contribution in [2.24, 2.45) is 0 Å². The summed E-state index contributed by atoms with van der Waals surface area (Å²) in [6, 6.07) is 8.86. The Kier molecular flexibility index (Phi) is 7.94. The standard InChI is InChI=1S/C15H25NOS/c1-4-11-16-13(2)8-7-12-18-15-10-6-5-9-14(15)17-3/h5-6,9-10,13,16H,4,7-8,11-12H2,1-3H3. The molecule has 1 aromatic carbocycles. The predicted octanol–water partition coefficient (Wildman–Crippen LogP) is 3.96. The first kappa shape index (κ1) is 15.4. The lowest BCUT2D eigenvalue weighted by Gasteiger charge is -2.13. The van der Waals surface area contributed by atoms with E-state index in [-0.39, 0.29) is 0 Å². The van der Waals surface area contributed by atoms with Crippen LogP contribution in [0, 0.1) is 0 Å². The first-order valence-electron chi connectivity index (χ1n) is 6.77. The van der Waals surface area contributed by atoms with Gasteiger partial charge in [-0.1, -0.05) is 19.1 Å². The normalized spacial score (nSPS) is 12.4. The van der Waals surface area contributed by atoms with Gasteiger partial charge >= 0.3 is 0 Å². The molecule has 0 bridgehead atoms. The Morgan fingerprint density at radius 3 is 2.83 bits per heavy atom. The number of rotatable bonds is 9. The summed E-state index contributed by atoms with van der Waals surface area (Å²) >= 11 is 1.88. The fourth-order valence-electron chi connectivity index (χ4n) is 1.80. The van der Waals surface area contributed by atoms with E-state index >= 15 is 0 Å². The van der Waals surface area contributed by atoms with Gasteiger partial charge in [-0.15, -0.1) is 11.8 Å². The largest absolute Gasteiger partial charge is 0.496 e. The summed E-state index contributed by atoms with van der Waals surface area (Å²) in [6.07, 6.45) is 3.68. The molecule has 1 rings (SSSR count). The molecule has 1 aromatic rings. The van der Waals surface area contributed by atoms with Crippen LogP contribution >= 0.6 is 11.8 Å². The molecular weight excluding hydrogens is 242 g/mol. The summed E-state index contributed by atoms with van der Waals surface area (Å²) in [5.41, 5.74) is 0. The van der Waals surface area contributed by atoms with Crippen LogP contribution < -0.4 is 10.1 Å². The Hall–Kier alpha value is -0.670. The average Bonchev–Trinajstić information content (AvgIpc) is 2.41. The topological polar surface area (TPSA) is 21.3 Å². The third-order valence-corrected chi connectivity index (χ3v) is 3.99. The molecule has 1 N–H and O–H groups in total. The highest BCUT2D eigenvalue weighted by molar-refractivity contribution is 7.99. The van der Waals surface area contributed by atoms with Crippen LogP contribution in [0.5, 0.6) is 5.75 Å². The van der Waals surface area contributed by atoms with E-state index in [0.29, 0.717) is 6.04 Å². The molecule has 2 nitrogen and oxygen atoms in total. The SMILES string of the molecule is CCCNC(C)CCCSc1ccccc1OC. The molecule has 0 heterocycles. The van der Waals surface area contributed by atoms with Crippen molar-refractivity contribution in [3.63, 3.8) is 0 Å². The smallest absolute Gasteiger partial charge is 0.132 e. The minimum absolute atomic E-state index is 0.628. The van der Waals surface area contributed by atoms with Gasteiger partial charge in [-0.05, 0) is 50.6 Å². The van der Waals surface area contributed by atoms with E-state index in [4.69, 9.17) is 4.74 Å². The van der Waals surface area contributed by atoms with E-state index < -0.39 is 0 Å². The second kappa shape index (κ2) is 9.29. The Morgan fingerprint density at radius 1 is 1.33 bits per heavy atom. The van der Waals surface area contributed by atoms with Crippen LogP contribution in [-0.4, -0.2) is 25.4 Å². The fraction of sp³-hybridized carbons (Fsp3) is 0.600. The third kappa shape index (κ3) is 5.78. The molecule has 0 aromatic heterocycles. The van der Waals surface area contributed by atoms with Crippen LogP contribution in [0.4, 0.5) is 0 Å². The molecule has 1 atom stereocenters. The monoisotopic (exact) mass is 267 g/mol. The van der Waals surface area contributed by atoms with E-state index in [1.54, 1.807) is 7.11 Å². The highest BCUT2D eigenvalue weighted by atomic mass is 32.2. The first-order valence-corrected chi connectivity index (χ1v) is 7.75. The molecule has 0 aliphatic rings. The maximum Gasteiger partial charge on any atom is 0.132 e. The number of ether oxygens (including phenoxy) is 1. The fourth-order valence-corrected chi connectivity index (χ4v) is 2.80. The van der Waals surface area contributed by atoms with Gasteiger partial charge in [-0.3, -0.25) is 0 Å². The molecule has 0 amide bonds. The molecular formula is C15H25NOS. The van der Waals surface area contributed by atoms with Crippen molar-refractivity contribution in [3.8, 4) is 5.75 Å². The van der Waals surface area contributed by atoms with Crippen molar-refractivity contribution in [2.45, 2.75) is 44.0 Å². The van der Waals surface area contributed by atoms with Crippen molar-refractivity contribution in [2.75, 3.05) is 19.4 Å². The van der Waals surface area contributed by atoms with Crippen LogP contribution in [0.2, 0.25) is 0 Å². The van der Waals surface area contributed by atoms with E-state index in [2.05, 4.69) is 31.3 Å². The Bertz CT molecular complexity index is 330. The predicted molar refractivity (Wildman–Crippen MR) is 80.7 cm³/mol. The first-order chi connectivity index (χ1) is 8.77. The Balaban J connectivity index is 2.21. The number of methoxy groups -OCH3 is 1. The zero-order chi connectivity index (χ0) is 13.2. The average molecular weight is 267 g/mol. The Morgan fingerprint density at radius 2 is 2.11 bits per heavy atom. The lowest BCUT2D eigenvalue weighted by atomic mass is 10.2. The molecule has 0 fully saturated rings. The second-order valence-corrected chi connectivity index (χ2v) is 5.63. The van der Waals surface area contributed by atoms with E-state index in [0.717, 1.165) is 18.0 Å². The molecule has 0 spiro atoms. The van der Waals surface area contributed by atoms with Gasteiger partial charge in [0.15, 0.2) is 0 Å². The van der Waals surface area contributed by atoms with Crippen molar-refractivity contribution in [1.29, 1.82) is 0 Å². The molecule has 102 valence electrons. The number of nitrogens with one attached hydrogen (secondary N) is 1. The number of hydrogen-bond acceptors (Lipinski definition) is 3. The van der Waals surface area contributed by atoms with Crippen LogP contribution in [0.15, 0.2) is 29.2 Å². The highest BCUT2D eigenvalue weighted by Gasteiger charge is 2.03. The van der Waals surface area contributed by atoms with Gasteiger partial charge in [-0.2, -0.15) is 0 Å². The zero-order valence-corrected chi connectivity index (χ0v) is 12.6. The zero-order valence-electron chi connectivity index (χ0n) is 11.7. The third-order valence-electron chi connectivity index (χ3n) is 2.85. The second-order valence-electron chi connectivity index (χ2n) is 4.50. The summed E-state index contributed by atoms with van der Waals surface area (Å²) in [5, 5.41) is 3.52. The summed E-state index contributed by atoms with van der Waals surface area (Å²) in [7, 11) is 1.73. The molecule has 3 heteroatoms. The molecule has 0 radical (unpaired) electrons. The molecule has 1 unspecified atom stereocenters. The van der Waals surface area contributed by atoms with E-state index in [1.807, 2.05) is 23.9 Å². The lowest BCUT2D eigenvalue weighted by Crippen LogP contribution is -2.26. The maximum atomic E-state index is 5.34. The molecule has 0 saturated carbocycles. The lowest BCUT2D eigenvalue weighted by molar-refractivity contribution is 0.405. The van der Waals surface area contributed by atoms with E-state index in [1.165, 1.54) is 24.2 Å². The van der Waals surface area contributed by atoms with Gasteiger partial charge in [0, 0.05) is 10.9 Å². The van der Waals surface area contributed by atoms with Gasteiger partial charge < -0.3 is 10.1 Å². The maximum absolute atomic E-state index is 5.34. The van der Waals surface area contributed by atoms with Gasteiger partial charge in [0.1, 0.15) is 5.75 Å². The van der Waals surface area contributed by atoms with E-state index in [9.17, 15) is 0 Å². The highest BCUT2D eigenvalue weighted by Crippen LogP contribution is 2.29. The van der Waals surface area contributed by atoms with Crippen molar-refractivity contribution in [3.05, 3.63) is 24.3 Å². The summed E-state index contributed by atoms with van der Waals surface area (Å²) < 4.78 is 5.34. The molecule has 18 heavy (non-hydrogen) atoms. The summed E-state index contributed by atoms with van der Waals surface area (Å²) in [4.78, 5) is 1.24. The number of thioether (sulfide) groups is 1. The van der Waals surface area contributed by atoms with Gasteiger partial charge in [0.05, 0.1) is 7.11 Å². The molecule has 0 aliphatic heterocycles. The molecule has 0 saturated heterocycles. The number of hydrogen-bond donors (Lipinski definition) is 1. The summed E-state index contributed by atoms with van der Waals surface area (Å²) in [5.74, 6) is 2.14. The van der Waals surface area contributed by atoms with Crippen LogP contribution in [0.1, 0.15) is 33.1 Å². The minimum atomic E-state index is 0.628. The Labute approximate surface area is 116 Å².